The molecule has 2 heterocycles. The van der Waals surface area contributed by atoms with E-state index in [-0.39, 0.29) is 0 Å². The lowest BCUT2D eigenvalue weighted by Crippen LogP contribution is -2.56. The zero-order chi connectivity index (χ0) is 15.0. The summed E-state index contributed by atoms with van der Waals surface area (Å²) in [4.78, 5) is 8.19. The summed E-state index contributed by atoms with van der Waals surface area (Å²) >= 11 is 0. The Labute approximate surface area is 131 Å². The van der Waals surface area contributed by atoms with E-state index in [2.05, 4.69) is 42.4 Å². The molecule has 3 aliphatic rings. The van der Waals surface area contributed by atoms with E-state index in [0.29, 0.717) is 5.54 Å². The topological polar surface area (TPSA) is 9.72 Å². The first-order valence-corrected chi connectivity index (χ1v) is 9.26. The summed E-state index contributed by atoms with van der Waals surface area (Å²) in [5.41, 5.74) is 0.617. The van der Waals surface area contributed by atoms with Crippen molar-refractivity contribution in [3.63, 3.8) is 0 Å². The van der Waals surface area contributed by atoms with Crippen molar-refractivity contribution in [3.05, 3.63) is 0 Å². The Hall–Kier alpha value is -0.120. The Morgan fingerprint density at radius 1 is 0.714 bits per heavy atom. The SMILES string of the molecule is CC(C)N1CCC(C2(N3CCN(C(C)C)CC3)CC2)CC1. The Kier molecular flexibility index (Phi) is 4.63. The number of piperidine rings is 1. The molecule has 21 heavy (non-hydrogen) atoms. The van der Waals surface area contributed by atoms with E-state index in [1.807, 2.05) is 0 Å². The van der Waals surface area contributed by atoms with Crippen LogP contribution in [0, 0.1) is 5.92 Å². The van der Waals surface area contributed by atoms with Crippen LogP contribution in [0.1, 0.15) is 53.4 Å². The molecular formula is C18H35N3. The van der Waals surface area contributed by atoms with Crippen molar-refractivity contribution in [1.82, 2.24) is 14.7 Å². The van der Waals surface area contributed by atoms with Gasteiger partial charge in [0, 0.05) is 43.8 Å². The number of piperazine rings is 1. The summed E-state index contributed by atoms with van der Waals surface area (Å²) in [6, 6.07) is 1.45. The maximum absolute atomic E-state index is 2.88. The Morgan fingerprint density at radius 3 is 1.62 bits per heavy atom. The summed E-state index contributed by atoms with van der Waals surface area (Å²) < 4.78 is 0. The minimum atomic E-state index is 0.617. The second-order valence-corrected chi connectivity index (χ2v) is 8.12. The predicted molar refractivity (Wildman–Crippen MR) is 89.7 cm³/mol. The molecule has 1 saturated carbocycles. The second kappa shape index (κ2) is 6.17. The average molecular weight is 293 g/mol. The number of likely N-dealkylation sites (tertiary alicyclic amines) is 1. The summed E-state index contributed by atoms with van der Waals surface area (Å²) in [6.45, 7) is 17.2. The minimum Gasteiger partial charge on any atom is -0.301 e. The Morgan fingerprint density at radius 2 is 1.19 bits per heavy atom. The molecule has 0 N–H and O–H groups in total. The van der Waals surface area contributed by atoms with Crippen LogP contribution in [0.25, 0.3) is 0 Å². The summed E-state index contributed by atoms with van der Waals surface area (Å²) in [7, 11) is 0. The standard InChI is InChI=1S/C18H35N3/c1-15(2)19-9-5-17(6-10-19)18(7-8-18)21-13-11-20(12-14-21)16(3)4/h15-17H,5-14H2,1-4H3. The molecule has 0 aromatic carbocycles. The van der Waals surface area contributed by atoms with Gasteiger partial charge in [0.25, 0.3) is 0 Å². The van der Waals surface area contributed by atoms with Gasteiger partial charge in [0.05, 0.1) is 0 Å². The summed E-state index contributed by atoms with van der Waals surface area (Å²) in [5, 5.41) is 0. The monoisotopic (exact) mass is 293 g/mol. The normalized spacial score (nSPS) is 29.4. The Balaban J connectivity index is 1.54. The van der Waals surface area contributed by atoms with E-state index >= 15 is 0 Å². The maximum atomic E-state index is 2.88. The molecule has 0 amide bonds. The van der Waals surface area contributed by atoms with Crippen molar-refractivity contribution in [1.29, 1.82) is 0 Å². The molecule has 0 unspecified atom stereocenters. The number of nitrogens with zero attached hydrogens (tertiary/aromatic N) is 3. The second-order valence-electron chi connectivity index (χ2n) is 8.12. The third-order valence-electron chi connectivity index (χ3n) is 6.46. The van der Waals surface area contributed by atoms with Crippen molar-refractivity contribution < 1.29 is 0 Å². The first-order valence-electron chi connectivity index (χ1n) is 9.26. The van der Waals surface area contributed by atoms with Crippen LogP contribution >= 0.6 is 0 Å². The lowest BCUT2D eigenvalue weighted by Gasteiger charge is -2.46. The minimum absolute atomic E-state index is 0.617. The van der Waals surface area contributed by atoms with E-state index in [4.69, 9.17) is 0 Å². The van der Waals surface area contributed by atoms with Gasteiger partial charge in [-0.05, 0) is 72.4 Å². The van der Waals surface area contributed by atoms with E-state index < -0.39 is 0 Å². The highest BCUT2D eigenvalue weighted by Gasteiger charge is 2.54. The van der Waals surface area contributed by atoms with Gasteiger partial charge >= 0.3 is 0 Å². The Bertz CT molecular complexity index is 302. The van der Waals surface area contributed by atoms with Crippen molar-refractivity contribution in [2.45, 2.75) is 71.0 Å². The fraction of sp³-hybridized carbons (Fsp3) is 1.00. The highest BCUT2D eigenvalue weighted by Crippen LogP contribution is 2.51. The molecular weight excluding hydrogens is 258 g/mol. The average Bonchev–Trinajstić information content (AvgIpc) is 3.29. The molecule has 0 radical (unpaired) electrons. The van der Waals surface area contributed by atoms with Crippen molar-refractivity contribution in [2.75, 3.05) is 39.3 Å². The van der Waals surface area contributed by atoms with Gasteiger partial charge in [-0.1, -0.05) is 0 Å². The first-order chi connectivity index (χ1) is 10.0. The maximum Gasteiger partial charge on any atom is 0.0241 e. The fourth-order valence-electron chi connectivity index (χ4n) is 4.75. The lowest BCUT2D eigenvalue weighted by atomic mass is 9.85. The van der Waals surface area contributed by atoms with Gasteiger partial charge in [0.1, 0.15) is 0 Å². The molecule has 0 bridgehead atoms. The molecule has 0 aromatic heterocycles. The lowest BCUT2D eigenvalue weighted by molar-refractivity contribution is 0.0195. The predicted octanol–water partition coefficient (Wildman–Crippen LogP) is 2.67. The van der Waals surface area contributed by atoms with Crippen LogP contribution in [0.3, 0.4) is 0 Å². The number of hydrogen-bond acceptors (Lipinski definition) is 3. The third-order valence-corrected chi connectivity index (χ3v) is 6.46. The van der Waals surface area contributed by atoms with Crippen molar-refractivity contribution in [2.24, 2.45) is 5.92 Å². The highest BCUT2D eigenvalue weighted by molar-refractivity contribution is 5.10. The van der Waals surface area contributed by atoms with Crippen LogP contribution < -0.4 is 0 Å². The molecule has 3 rings (SSSR count). The van der Waals surface area contributed by atoms with Gasteiger partial charge < -0.3 is 4.90 Å². The summed E-state index contributed by atoms with van der Waals surface area (Å²) in [6.07, 6.45) is 5.81. The molecule has 3 heteroatoms. The highest BCUT2D eigenvalue weighted by atomic mass is 15.3. The smallest absolute Gasteiger partial charge is 0.0241 e. The van der Waals surface area contributed by atoms with Crippen molar-refractivity contribution in [3.8, 4) is 0 Å². The van der Waals surface area contributed by atoms with Gasteiger partial charge in [-0.15, -0.1) is 0 Å². The van der Waals surface area contributed by atoms with Gasteiger partial charge in [-0.3, -0.25) is 9.80 Å². The molecule has 3 fully saturated rings. The zero-order valence-corrected chi connectivity index (χ0v) is 14.6. The first kappa shape index (κ1) is 15.8. The van der Waals surface area contributed by atoms with Crippen LogP contribution in [0.15, 0.2) is 0 Å². The molecule has 0 spiro atoms. The van der Waals surface area contributed by atoms with Crippen LogP contribution in [0.5, 0.6) is 0 Å². The molecule has 3 nitrogen and oxygen atoms in total. The van der Waals surface area contributed by atoms with Gasteiger partial charge in [0.15, 0.2) is 0 Å². The molecule has 2 saturated heterocycles. The number of hydrogen-bond donors (Lipinski definition) is 0. The number of rotatable bonds is 4. The zero-order valence-electron chi connectivity index (χ0n) is 14.6. The van der Waals surface area contributed by atoms with Gasteiger partial charge in [-0.2, -0.15) is 0 Å². The molecule has 2 aliphatic heterocycles. The van der Waals surface area contributed by atoms with Crippen LogP contribution in [0.4, 0.5) is 0 Å². The van der Waals surface area contributed by atoms with Gasteiger partial charge in [0.2, 0.25) is 0 Å². The van der Waals surface area contributed by atoms with E-state index in [9.17, 15) is 0 Å². The summed E-state index contributed by atoms with van der Waals surface area (Å²) in [5.74, 6) is 0.970. The van der Waals surface area contributed by atoms with E-state index in [0.717, 1.165) is 18.0 Å². The molecule has 1 aliphatic carbocycles. The van der Waals surface area contributed by atoms with E-state index in [1.165, 1.54) is 65.0 Å². The third kappa shape index (κ3) is 3.16. The van der Waals surface area contributed by atoms with Crippen molar-refractivity contribution >= 4 is 0 Å². The van der Waals surface area contributed by atoms with Crippen LogP contribution in [0.2, 0.25) is 0 Å². The quantitative estimate of drug-likeness (QED) is 0.789. The van der Waals surface area contributed by atoms with E-state index in [1.54, 1.807) is 0 Å². The largest absolute Gasteiger partial charge is 0.301 e. The van der Waals surface area contributed by atoms with Gasteiger partial charge in [-0.25, -0.2) is 0 Å². The van der Waals surface area contributed by atoms with Crippen LogP contribution in [-0.4, -0.2) is 71.6 Å². The fourth-order valence-corrected chi connectivity index (χ4v) is 4.75. The molecule has 0 aromatic rings. The molecule has 0 atom stereocenters. The molecule has 122 valence electrons. The van der Waals surface area contributed by atoms with Crippen LogP contribution in [-0.2, 0) is 0 Å².